The summed E-state index contributed by atoms with van der Waals surface area (Å²) in [6.07, 6.45) is 5.74. The van der Waals surface area contributed by atoms with Crippen molar-refractivity contribution in [3.63, 3.8) is 0 Å². The van der Waals surface area contributed by atoms with Gasteiger partial charge in [0.2, 0.25) is 0 Å². The first-order valence-corrected chi connectivity index (χ1v) is 6.48. The molecule has 17 heavy (non-hydrogen) atoms. The van der Waals surface area contributed by atoms with E-state index in [2.05, 4.69) is 0 Å². The van der Waals surface area contributed by atoms with Gasteiger partial charge in [-0.05, 0) is 36.8 Å². The zero-order valence-corrected chi connectivity index (χ0v) is 10.4. The zero-order chi connectivity index (χ0) is 12.3. The maximum atomic E-state index is 11.6. The van der Waals surface area contributed by atoms with Gasteiger partial charge in [0.15, 0.2) is 0 Å². The molecule has 0 aromatic heterocycles. The van der Waals surface area contributed by atoms with Crippen molar-refractivity contribution >= 4 is 5.97 Å². The van der Waals surface area contributed by atoms with Crippen LogP contribution in [0, 0.1) is 12.8 Å². The number of hydrogen-bond donors (Lipinski definition) is 1. The molecule has 2 heteroatoms. The Morgan fingerprint density at radius 2 is 1.88 bits per heavy atom. The fourth-order valence-electron chi connectivity index (χ4n) is 2.99. The molecule has 0 amide bonds. The summed E-state index contributed by atoms with van der Waals surface area (Å²) in [5, 5.41) is 9.50. The second kappa shape index (κ2) is 5.35. The third kappa shape index (κ3) is 2.68. The SMILES string of the molecule is Cc1ccccc1C(C(=O)O)C1CCCCC1. The van der Waals surface area contributed by atoms with Crippen LogP contribution in [0.2, 0.25) is 0 Å². The van der Waals surface area contributed by atoms with E-state index in [-0.39, 0.29) is 5.92 Å². The Morgan fingerprint density at radius 1 is 1.24 bits per heavy atom. The molecule has 1 aromatic rings. The molecule has 1 atom stereocenters. The molecule has 2 nitrogen and oxygen atoms in total. The molecular formula is C15H20O2. The highest BCUT2D eigenvalue weighted by molar-refractivity contribution is 5.77. The lowest BCUT2D eigenvalue weighted by molar-refractivity contribution is -0.140. The van der Waals surface area contributed by atoms with Crippen molar-refractivity contribution in [1.29, 1.82) is 0 Å². The first-order chi connectivity index (χ1) is 8.20. The second-order valence-electron chi connectivity index (χ2n) is 5.07. The van der Waals surface area contributed by atoms with Gasteiger partial charge in [0.05, 0.1) is 5.92 Å². The average Bonchev–Trinajstić information content (AvgIpc) is 2.33. The fraction of sp³-hybridized carbons (Fsp3) is 0.533. The highest BCUT2D eigenvalue weighted by Crippen LogP contribution is 2.37. The summed E-state index contributed by atoms with van der Waals surface area (Å²) in [6.45, 7) is 2.01. The molecule has 1 aromatic carbocycles. The topological polar surface area (TPSA) is 37.3 Å². The number of carboxylic acids is 1. The van der Waals surface area contributed by atoms with Crippen molar-refractivity contribution in [2.45, 2.75) is 44.9 Å². The Labute approximate surface area is 103 Å². The summed E-state index contributed by atoms with van der Waals surface area (Å²) in [7, 11) is 0. The minimum absolute atomic E-state index is 0.309. The molecule has 1 N–H and O–H groups in total. The number of rotatable bonds is 3. The van der Waals surface area contributed by atoms with E-state index in [0.717, 1.165) is 24.0 Å². The van der Waals surface area contributed by atoms with Crippen molar-refractivity contribution in [2.75, 3.05) is 0 Å². The van der Waals surface area contributed by atoms with E-state index in [1.807, 2.05) is 31.2 Å². The molecule has 1 saturated carbocycles. The van der Waals surface area contributed by atoms with E-state index < -0.39 is 5.97 Å². The molecule has 1 fully saturated rings. The molecule has 0 saturated heterocycles. The van der Waals surface area contributed by atoms with Crippen LogP contribution in [0.15, 0.2) is 24.3 Å². The standard InChI is InChI=1S/C15H20O2/c1-11-7-5-6-10-13(11)14(15(16)17)12-8-3-2-4-9-12/h5-7,10,12,14H,2-4,8-9H2,1H3,(H,16,17). The summed E-state index contributed by atoms with van der Waals surface area (Å²) in [4.78, 5) is 11.6. The minimum atomic E-state index is -0.661. The maximum Gasteiger partial charge on any atom is 0.311 e. The number of hydrogen-bond acceptors (Lipinski definition) is 1. The lowest BCUT2D eigenvalue weighted by Gasteiger charge is -2.28. The fourth-order valence-corrected chi connectivity index (χ4v) is 2.99. The molecular weight excluding hydrogens is 212 g/mol. The van der Waals surface area contributed by atoms with Gasteiger partial charge in [-0.25, -0.2) is 0 Å². The highest BCUT2D eigenvalue weighted by atomic mass is 16.4. The monoisotopic (exact) mass is 232 g/mol. The molecule has 1 aliphatic rings. The van der Waals surface area contributed by atoms with E-state index in [1.54, 1.807) is 0 Å². The van der Waals surface area contributed by atoms with E-state index in [9.17, 15) is 9.90 Å². The molecule has 0 spiro atoms. The number of carboxylic acid groups (broad SMARTS) is 1. The highest BCUT2D eigenvalue weighted by Gasteiger charge is 2.31. The van der Waals surface area contributed by atoms with Crippen molar-refractivity contribution in [3.05, 3.63) is 35.4 Å². The number of benzene rings is 1. The van der Waals surface area contributed by atoms with Crippen LogP contribution in [0.25, 0.3) is 0 Å². The Balaban J connectivity index is 2.28. The Kier molecular flexibility index (Phi) is 3.82. The van der Waals surface area contributed by atoms with Gasteiger partial charge in [0, 0.05) is 0 Å². The largest absolute Gasteiger partial charge is 0.481 e. The quantitative estimate of drug-likeness (QED) is 0.861. The normalized spacial score (nSPS) is 18.9. The van der Waals surface area contributed by atoms with Gasteiger partial charge in [-0.2, -0.15) is 0 Å². The predicted octanol–water partition coefficient (Wildman–Crippen LogP) is 3.74. The number of aryl methyl sites for hydroxylation is 1. The zero-order valence-electron chi connectivity index (χ0n) is 10.4. The van der Waals surface area contributed by atoms with Crippen LogP contribution in [0.1, 0.15) is 49.1 Å². The van der Waals surface area contributed by atoms with E-state index in [4.69, 9.17) is 0 Å². The van der Waals surface area contributed by atoms with Crippen LogP contribution >= 0.6 is 0 Å². The molecule has 0 heterocycles. The maximum absolute atomic E-state index is 11.6. The Bertz CT molecular complexity index is 392. The molecule has 0 aliphatic heterocycles. The Morgan fingerprint density at radius 3 is 2.47 bits per heavy atom. The van der Waals surface area contributed by atoms with E-state index >= 15 is 0 Å². The molecule has 1 aliphatic carbocycles. The third-order valence-electron chi connectivity index (χ3n) is 3.91. The van der Waals surface area contributed by atoms with Crippen molar-refractivity contribution < 1.29 is 9.90 Å². The van der Waals surface area contributed by atoms with E-state index in [1.165, 1.54) is 19.3 Å². The van der Waals surface area contributed by atoms with Crippen LogP contribution in [0.5, 0.6) is 0 Å². The van der Waals surface area contributed by atoms with Gasteiger partial charge in [0.25, 0.3) is 0 Å². The molecule has 2 rings (SSSR count). The smallest absolute Gasteiger partial charge is 0.311 e. The van der Waals surface area contributed by atoms with Crippen LogP contribution in [-0.4, -0.2) is 11.1 Å². The van der Waals surface area contributed by atoms with Crippen molar-refractivity contribution in [2.24, 2.45) is 5.92 Å². The van der Waals surface area contributed by atoms with Crippen LogP contribution in [-0.2, 0) is 4.79 Å². The number of aliphatic carboxylic acids is 1. The van der Waals surface area contributed by atoms with Crippen LogP contribution in [0.3, 0.4) is 0 Å². The van der Waals surface area contributed by atoms with Gasteiger partial charge in [-0.1, -0.05) is 43.5 Å². The van der Waals surface area contributed by atoms with Crippen molar-refractivity contribution in [3.8, 4) is 0 Å². The van der Waals surface area contributed by atoms with Gasteiger partial charge < -0.3 is 5.11 Å². The third-order valence-corrected chi connectivity index (χ3v) is 3.91. The molecule has 0 bridgehead atoms. The summed E-state index contributed by atoms with van der Waals surface area (Å²) in [5.74, 6) is -0.648. The van der Waals surface area contributed by atoms with Crippen LogP contribution < -0.4 is 0 Å². The molecule has 92 valence electrons. The lowest BCUT2D eigenvalue weighted by Crippen LogP contribution is -2.24. The number of carbonyl (C=O) groups is 1. The molecule has 0 radical (unpaired) electrons. The van der Waals surface area contributed by atoms with E-state index in [0.29, 0.717) is 5.92 Å². The Hall–Kier alpha value is -1.31. The summed E-state index contributed by atoms with van der Waals surface area (Å²) < 4.78 is 0. The summed E-state index contributed by atoms with van der Waals surface area (Å²) in [5.41, 5.74) is 2.11. The molecule has 1 unspecified atom stereocenters. The summed E-state index contributed by atoms with van der Waals surface area (Å²) in [6, 6.07) is 7.90. The van der Waals surface area contributed by atoms with Gasteiger partial charge in [0.1, 0.15) is 0 Å². The van der Waals surface area contributed by atoms with Crippen LogP contribution in [0.4, 0.5) is 0 Å². The summed E-state index contributed by atoms with van der Waals surface area (Å²) >= 11 is 0. The lowest BCUT2D eigenvalue weighted by atomic mass is 9.76. The predicted molar refractivity (Wildman–Crippen MR) is 68.1 cm³/mol. The van der Waals surface area contributed by atoms with Gasteiger partial charge in [-0.15, -0.1) is 0 Å². The second-order valence-corrected chi connectivity index (χ2v) is 5.07. The van der Waals surface area contributed by atoms with Gasteiger partial charge in [-0.3, -0.25) is 4.79 Å². The first kappa shape index (κ1) is 12.2. The minimum Gasteiger partial charge on any atom is -0.481 e. The van der Waals surface area contributed by atoms with Gasteiger partial charge >= 0.3 is 5.97 Å². The van der Waals surface area contributed by atoms with Crippen molar-refractivity contribution in [1.82, 2.24) is 0 Å². The first-order valence-electron chi connectivity index (χ1n) is 6.48. The average molecular weight is 232 g/mol.